The van der Waals surface area contributed by atoms with Gasteiger partial charge in [-0.2, -0.15) is 11.3 Å². The van der Waals surface area contributed by atoms with Gasteiger partial charge in [0.05, 0.1) is 10.7 Å². The number of halogens is 1. The monoisotopic (exact) mass is 623 g/mol. The molecule has 0 radical (unpaired) electrons. The number of thiophene rings is 1. The van der Waals surface area contributed by atoms with E-state index in [9.17, 15) is 14.4 Å². The molecule has 5 rings (SSSR count). The molecule has 5 aromatic rings. The zero-order valence-electron chi connectivity index (χ0n) is 22.7. The van der Waals surface area contributed by atoms with Crippen LogP contribution in [0, 0.1) is 0 Å². The van der Waals surface area contributed by atoms with E-state index in [0.29, 0.717) is 22.0 Å². The predicted octanol–water partition coefficient (Wildman–Crippen LogP) is 8.28. The number of carbonyl (C=O) groups is 3. The highest BCUT2D eigenvalue weighted by Crippen LogP contribution is 2.37. The van der Waals surface area contributed by atoms with Crippen LogP contribution in [0.1, 0.15) is 26.7 Å². The lowest BCUT2D eigenvalue weighted by molar-refractivity contribution is -0.116. The number of anilines is 2. The summed E-state index contributed by atoms with van der Waals surface area (Å²) in [6.45, 7) is 0. The van der Waals surface area contributed by atoms with Gasteiger partial charge in [-0.15, -0.1) is 11.8 Å². The smallest absolute Gasteiger partial charge is 0.272 e. The molecule has 1 atom stereocenters. The number of nitrogens with one attached hydrogen (secondary N) is 3. The summed E-state index contributed by atoms with van der Waals surface area (Å²) >= 11 is 9.15. The van der Waals surface area contributed by atoms with Gasteiger partial charge in [-0.1, -0.05) is 72.3 Å². The minimum absolute atomic E-state index is 0.117. The van der Waals surface area contributed by atoms with E-state index >= 15 is 0 Å². The van der Waals surface area contributed by atoms with Crippen molar-refractivity contribution in [2.75, 3.05) is 10.6 Å². The summed E-state index contributed by atoms with van der Waals surface area (Å²) in [5.41, 5.74) is 3.28. The summed E-state index contributed by atoms with van der Waals surface area (Å²) in [7, 11) is 0. The molecular formula is C34H26ClN3O3S2. The highest BCUT2D eigenvalue weighted by atomic mass is 35.5. The zero-order chi connectivity index (χ0) is 30.0. The third-order valence-electron chi connectivity index (χ3n) is 6.22. The van der Waals surface area contributed by atoms with Crippen molar-refractivity contribution in [3.8, 4) is 0 Å². The summed E-state index contributed by atoms with van der Waals surface area (Å²) in [5, 5.41) is 12.2. The van der Waals surface area contributed by atoms with E-state index in [1.165, 1.54) is 23.1 Å². The van der Waals surface area contributed by atoms with Gasteiger partial charge in [-0.3, -0.25) is 14.4 Å². The van der Waals surface area contributed by atoms with Crippen LogP contribution in [-0.4, -0.2) is 17.7 Å². The molecule has 9 heteroatoms. The lowest BCUT2D eigenvalue weighted by Gasteiger charge is -2.18. The van der Waals surface area contributed by atoms with Gasteiger partial charge in [0.1, 0.15) is 10.9 Å². The molecule has 0 bridgehead atoms. The largest absolute Gasteiger partial charge is 0.323 e. The summed E-state index contributed by atoms with van der Waals surface area (Å²) in [6.07, 6.45) is 1.64. The van der Waals surface area contributed by atoms with Crippen molar-refractivity contribution in [3.05, 3.63) is 153 Å². The third-order valence-corrected chi connectivity index (χ3v) is 8.52. The first-order valence-corrected chi connectivity index (χ1v) is 15.4. The van der Waals surface area contributed by atoms with Crippen LogP contribution in [0.2, 0.25) is 5.02 Å². The quantitative estimate of drug-likeness (QED) is 0.108. The van der Waals surface area contributed by atoms with Crippen LogP contribution in [0.15, 0.2) is 137 Å². The van der Waals surface area contributed by atoms with Crippen molar-refractivity contribution in [1.29, 1.82) is 0 Å². The second-order valence-corrected chi connectivity index (χ2v) is 11.7. The molecular weight excluding hydrogens is 598 g/mol. The van der Waals surface area contributed by atoms with E-state index in [1.54, 1.807) is 60.7 Å². The van der Waals surface area contributed by atoms with Crippen LogP contribution < -0.4 is 16.0 Å². The first-order chi connectivity index (χ1) is 21.0. The van der Waals surface area contributed by atoms with Crippen molar-refractivity contribution >= 4 is 69.9 Å². The van der Waals surface area contributed by atoms with Crippen LogP contribution >= 0.6 is 34.7 Å². The Morgan fingerprint density at radius 2 is 1.44 bits per heavy atom. The lowest BCUT2D eigenvalue weighted by Crippen LogP contribution is -2.30. The molecule has 43 heavy (non-hydrogen) atoms. The molecule has 0 spiro atoms. The van der Waals surface area contributed by atoms with Gasteiger partial charge in [0.2, 0.25) is 5.91 Å². The maximum Gasteiger partial charge on any atom is 0.272 e. The summed E-state index contributed by atoms with van der Waals surface area (Å²) < 4.78 is 0. The highest BCUT2D eigenvalue weighted by Gasteiger charge is 2.23. The second-order valence-electron chi connectivity index (χ2n) is 9.29. The highest BCUT2D eigenvalue weighted by molar-refractivity contribution is 8.00. The number of thioether (sulfide) groups is 1. The predicted molar refractivity (Wildman–Crippen MR) is 176 cm³/mol. The van der Waals surface area contributed by atoms with Crippen molar-refractivity contribution in [2.24, 2.45) is 0 Å². The summed E-state index contributed by atoms with van der Waals surface area (Å²) in [5.74, 6) is -1.05. The molecule has 1 unspecified atom stereocenters. The molecule has 3 N–H and O–H groups in total. The van der Waals surface area contributed by atoms with Crippen molar-refractivity contribution in [1.82, 2.24) is 5.32 Å². The maximum atomic E-state index is 13.4. The Morgan fingerprint density at radius 3 is 2.12 bits per heavy atom. The molecule has 1 heterocycles. The standard InChI is InChI=1S/C34H26ClN3O3S2/c35-28-13-7-8-14-29(28)37-34(41)31(24-9-3-1-4-10-24)43-27-17-15-26(16-18-27)36-33(40)30(21-23-19-20-42-22-23)38-32(39)25-11-5-2-6-12-25/h1-22,31H,(H,36,40)(H,37,41)(H,38,39)/b30-21-. The molecule has 4 aromatic carbocycles. The maximum absolute atomic E-state index is 13.4. The van der Waals surface area contributed by atoms with Gasteiger partial charge in [-0.05, 0) is 82.6 Å². The molecule has 1 aromatic heterocycles. The molecule has 0 saturated heterocycles. The third kappa shape index (κ3) is 8.23. The van der Waals surface area contributed by atoms with Crippen LogP contribution in [-0.2, 0) is 9.59 Å². The second kappa shape index (κ2) is 14.5. The van der Waals surface area contributed by atoms with Crippen molar-refractivity contribution < 1.29 is 14.4 Å². The van der Waals surface area contributed by atoms with Gasteiger partial charge in [0.25, 0.3) is 11.8 Å². The van der Waals surface area contributed by atoms with Gasteiger partial charge < -0.3 is 16.0 Å². The van der Waals surface area contributed by atoms with E-state index in [0.717, 1.165) is 16.0 Å². The number of para-hydroxylation sites is 1. The molecule has 0 aliphatic carbocycles. The van der Waals surface area contributed by atoms with Crippen LogP contribution in [0.3, 0.4) is 0 Å². The normalized spacial score (nSPS) is 11.8. The fourth-order valence-corrected chi connectivity index (χ4v) is 5.90. The molecule has 214 valence electrons. The van der Waals surface area contributed by atoms with E-state index in [2.05, 4.69) is 16.0 Å². The molecule has 3 amide bonds. The Balaban J connectivity index is 1.31. The van der Waals surface area contributed by atoms with E-state index in [1.807, 2.05) is 71.4 Å². The zero-order valence-corrected chi connectivity index (χ0v) is 25.1. The number of benzene rings is 4. The number of carbonyl (C=O) groups excluding carboxylic acids is 3. The van der Waals surface area contributed by atoms with Crippen LogP contribution in [0.25, 0.3) is 6.08 Å². The summed E-state index contributed by atoms with van der Waals surface area (Å²) in [6, 6.07) is 34.4. The van der Waals surface area contributed by atoms with Crippen LogP contribution in [0.5, 0.6) is 0 Å². The first kappa shape index (κ1) is 29.8. The molecule has 6 nitrogen and oxygen atoms in total. The van der Waals surface area contributed by atoms with E-state index in [-0.39, 0.29) is 17.5 Å². The van der Waals surface area contributed by atoms with E-state index in [4.69, 9.17) is 11.6 Å². The number of hydrogen-bond donors (Lipinski definition) is 3. The van der Waals surface area contributed by atoms with Gasteiger partial charge >= 0.3 is 0 Å². The Labute approximate surface area is 262 Å². The topological polar surface area (TPSA) is 87.3 Å². The Morgan fingerprint density at radius 1 is 0.767 bits per heavy atom. The average Bonchev–Trinajstić information content (AvgIpc) is 3.55. The number of rotatable bonds is 10. The fourth-order valence-electron chi connectivity index (χ4n) is 4.08. The van der Waals surface area contributed by atoms with Crippen molar-refractivity contribution in [2.45, 2.75) is 10.1 Å². The minimum atomic E-state index is -0.550. The Kier molecular flexibility index (Phi) is 10.1. The molecule has 0 saturated carbocycles. The van der Waals surface area contributed by atoms with Gasteiger partial charge in [-0.25, -0.2) is 0 Å². The van der Waals surface area contributed by atoms with Gasteiger partial charge in [0, 0.05) is 16.1 Å². The summed E-state index contributed by atoms with van der Waals surface area (Å²) in [4.78, 5) is 40.3. The average molecular weight is 624 g/mol. The molecule has 0 aliphatic rings. The van der Waals surface area contributed by atoms with Gasteiger partial charge in [0.15, 0.2) is 0 Å². The lowest BCUT2D eigenvalue weighted by atomic mass is 10.1. The first-order valence-electron chi connectivity index (χ1n) is 13.2. The number of hydrogen-bond acceptors (Lipinski definition) is 5. The Bertz CT molecular complexity index is 1730. The number of amides is 3. The Hall–Kier alpha value is -4.63. The fraction of sp³-hybridized carbons (Fsp3) is 0.0294. The molecule has 0 fully saturated rings. The SMILES string of the molecule is O=C(Nc1ccc(SC(C(=O)Nc2ccccc2Cl)c2ccccc2)cc1)/C(=C/c1ccsc1)NC(=O)c1ccccc1. The van der Waals surface area contributed by atoms with Crippen LogP contribution in [0.4, 0.5) is 11.4 Å². The molecule has 0 aliphatic heterocycles. The van der Waals surface area contributed by atoms with E-state index < -0.39 is 11.2 Å². The van der Waals surface area contributed by atoms with Crippen molar-refractivity contribution in [3.63, 3.8) is 0 Å². The minimum Gasteiger partial charge on any atom is -0.323 e.